The lowest BCUT2D eigenvalue weighted by Gasteiger charge is -2.02. The van der Waals surface area contributed by atoms with Crippen LogP contribution in [0.1, 0.15) is 24.5 Å². The summed E-state index contributed by atoms with van der Waals surface area (Å²) in [6.45, 7) is 6.08. The van der Waals surface area contributed by atoms with Crippen molar-refractivity contribution in [2.75, 3.05) is 0 Å². The van der Waals surface area contributed by atoms with Gasteiger partial charge < -0.3 is 5.32 Å². The van der Waals surface area contributed by atoms with Crippen LogP contribution in [0.25, 0.3) is 0 Å². The van der Waals surface area contributed by atoms with Gasteiger partial charge in [-0.25, -0.2) is 4.99 Å². The molecular weight excluding hydrogens is 232 g/mol. The number of carbonyl (C=O) groups is 1. The molecule has 1 heterocycles. The van der Waals surface area contributed by atoms with E-state index >= 15 is 0 Å². The number of carbonyl (C=O) groups excluding carboxylic acids is 1. The van der Waals surface area contributed by atoms with E-state index in [0.717, 1.165) is 22.8 Å². The molecule has 1 aliphatic rings. The van der Waals surface area contributed by atoms with Gasteiger partial charge in [-0.2, -0.15) is 0 Å². The zero-order valence-electron chi connectivity index (χ0n) is 10.3. The van der Waals surface area contributed by atoms with Crippen LogP contribution >= 0.6 is 11.8 Å². The molecule has 1 atom stereocenters. The van der Waals surface area contributed by atoms with E-state index in [2.05, 4.69) is 16.4 Å². The van der Waals surface area contributed by atoms with E-state index in [1.54, 1.807) is 0 Å². The largest absolute Gasteiger partial charge is 0.304 e. The van der Waals surface area contributed by atoms with Gasteiger partial charge in [-0.1, -0.05) is 30.8 Å². The molecule has 4 heteroatoms. The Kier molecular flexibility index (Phi) is 3.52. The standard InChI is InChI=1S/C13H16N2OS/c1-4-11-12(16)15-13(17-11)14-10-7-8(2)5-6-9(10)3/h5-7,11H,4H2,1-3H3,(H,14,15,16)/t11-/m0/s1. The highest BCUT2D eigenvalue weighted by atomic mass is 32.2. The third kappa shape index (κ3) is 2.69. The smallest absolute Gasteiger partial charge is 0.239 e. The number of amides is 1. The predicted molar refractivity (Wildman–Crippen MR) is 72.8 cm³/mol. The lowest BCUT2D eigenvalue weighted by molar-refractivity contribution is -0.118. The van der Waals surface area contributed by atoms with E-state index in [1.807, 2.05) is 32.9 Å². The van der Waals surface area contributed by atoms with Crippen LogP contribution < -0.4 is 5.32 Å². The summed E-state index contributed by atoms with van der Waals surface area (Å²) in [7, 11) is 0. The van der Waals surface area contributed by atoms with E-state index in [0.29, 0.717) is 0 Å². The van der Waals surface area contributed by atoms with Crippen molar-refractivity contribution < 1.29 is 4.79 Å². The van der Waals surface area contributed by atoms with Crippen molar-refractivity contribution in [3.8, 4) is 0 Å². The minimum Gasteiger partial charge on any atom is -0.304 e. The lowest BCUT2D eigenvalue weighted by atomic mass is 10.1. The number of aliphatic imine (C=N–C) groups is 1. The summed E-state index contributed by atoms with van der Waals surface area (Å²) in [4.78, 5) is 16.1. The first kappa shape index (κ1) is 12.2. The van der Waals surface area contributed by atoms with Crippen molar-refractivity contribution in [1.29, 1.82) is 0 Å². The normalized spacial score (nSPS) is 21.9. The fourth-order valence-electron chi connectivity index (χ4n) is 1.68. The molecular formula is C13H16N2OS. The number of benzene rings is 1. The number of nitrogens with zero attached hydrogens (tertiary/aromatic N) is 1. The molecule has 90 valence electrons. The molecule has 1 aromatic rings. The number of thioether (sulfide) groups is 1. The molecule has 2 rings (SSSR count). The molecule has 1 amide bonds. The zero-order chi connectivity index (χ0) is 12.4. The summed E-state index contributed by atoms with van der Waals surface area (Å²) in [5.74, 6) is 0.0709. The van der Waals surface area contributed by atoms with E-state index in [9.17, 15) is 4.79 Å². The monoisotopic (exact) mass is 248 g/mol. The predicted octanol–water partition coefficient (Wildman–Crippen LogP) is 2.93. The number of nitrogens with one attached hydrogen (secondary N) is 1. The summed E-state index contributed by atoms with van der Waals surface area (Å²) >= 11 is 1.52. The van der Waals surface area contributed by atoms with E-state index in [4.69, 9.17) is 0 Å². The summed E-state index contributed by atoms with van der Waals surface area (Å²) in [5, 5.41) is 3.56. The van der Waals surface area contributed by atoms with Gasteiger partial charge in [0.25, 0.3) is 0 Å². The Bertz CT molecular complexity index is 482. The Labute approximate surface area is 106 Å². The Balaban J connectivity index is 2.26. The van der Waals surface area contributed by atoms with E-state index in [-0.39, 0.29) is 11.2 Å². The van der Waals surface area contributed by atoms with Gasteiger partial charge in [-0.3, -0.25) is 4.79 Å². The maximum Gasteiger partial charge on any atom is 0.239 e. The number of hydrogen-bond donors (Lipinski definition) is 1. The third-order valence-corrected chi connectivity index (χ3v) is 3.98. The highest BCUT2D eigenvalue weighted by Crippen LogP contribution is 2.26. The fraction of sp³-hybridized carbons (Fsp3) is 0.385. The van der Waals surface area contributed by atoms with Gasteiger partial charge in [0, 0.05) is 0 Å². The molecule has 0 bridgehead atoms. The van der Waals surface area contributed by atoms with Crippen LogP contribution in [0.2, 0.25) is 0 Å². The highest BCUT2D eigenvalue weighted by molar-refractivity contribution is 8.15. The minimum atomic E-state index is 0.0128. The summed E-state index contributed by atoms with van der Waals surface area (Å²) in [5.41, 5.74) is 3.23. The molecule has 1 saturated heterocycles. The van der Waals surface area contributed by atoms with Gasteiger partial charge >= 0.3 is 0 Å². The maximum absolute atomic E-state index is 11.5. The quantitative estimate of drug-likeness (QED) is 0.874. The maximum atomic E-state index is 11.5. The molecule has 0 unspecified atom stereocenters. The van der Waals surface area contributed by atoms with Crippen LogP contribution in [0.3, 0.4) is 0 Å². The van der Waals surface area contributed by atoms with E-state index < -0.39 is 0 Å². The summed E-state index contributed by atoms with van der Waals surface area (Å²) < 4.78 is 0. The molecule has 17 heavy (non-hydrogen) atoms. The van der Waals surface area contributed by atoms with Crippen LogP contribution in [-0.4, -0.2) is 16.3 Å². The van der Waals surface area contributed by atoms with Crippen LogP contribution in [0.5, 0.6) is 0 Å². The van der Waals surface area contributed by atoms with Crippen molar-refractivity contribution in [3.63, 3.8) is 0 Å². The third-order valence-electron chi connectivity index (χ3n) is 2.73. The van der Waals surface area contributed by atoms with E-state index in [1.165, 1.54) is 17.3 Å². The Hall–Kier alpha value is -1.29. The van der Waals surface area contributed by atoms with Gasteiger partial charge in [0.1, 0.15) is 0 Å². The van der Waals surface area contributed by atoms with Crippen molar-refractivity contribution in [2.24, 2.45) is 4.99 Å². The van der Waals surface area contributed by atoms with Crippen LogP contribution in [-0.2, 0) is 4.79 Å². The van der Waals surface area contributed by atoms with Crippen LogP contribution in [0.4, 0.5) is 5.69 Å². The molecule has 0 aromatic heterocycles. The molecule has 0 saturated carbocycles. The molecule has 3 nitrogen and oxygen atoms in total. The van der Waals surface area contributed by atoms with Gasteiger partial charge in [0.2, 0.25) is 5.91 Å². The SMILES string of the molecule is CC[C@@H]1SC(=Nc2cc(C)ccc2C)NC1=O. The van der Waals surface area contributed by atoms with Gasteiger partial charge in [-0.15, -0.1) is 0 Å². The second-order valence-corrected chi connectivity index (χ2v) is 5.40. The number of aryl methyl sites for hydroxylation is 2. The zero-order valence-corrected chi connectivity index (χ0v) is 11.1. The average Bonchev–Trinajstić information content (AvgIpc) is 2.64. The number of hydrogen-bond acceptors (Lipinski definition) is 3. The Morgan fingerprint density at radius 2 is 2.18 bits per heavy atom. The van der Waals surface area contributed by atoms with Crippen molar-refractivity contribution in [1.82, 2.24) is 5.32 Å². The van der Waals surface area contributed by atoms with Gasteiger partial charge in [0.05, 0.1) is 10.9 Å². The second-order valence-electron chi connectivity index (χ2n) is 4.21. The fourth-order valence-corrected chi connectivity index (χ4v) is 2.59. The van der Waals surface area contributed by atoms with Crippen molar-refractivity contribution in [2.45, 2.75) is 32.4 Å². The van der Waals surface area contributed by atoms with Crippen molar-refractivity contribution >= 4 is 28.5 Å². The minimum absolute atomic E-state index is 0.0128. The van der Waals surface area contributed by atoms with Gasteiger partial charge in [-0.05, 0) is 37.5 Å². The highest BCUT2D eigenvalue weighted by Gasteiger charge is 2.28. The number of rotatable bonds is 2. The first-order valence-corrected chi connectivity index (χ1v) is 6.61. The molecule has 0 radical (unpaired) electrons. The molecule has 1 aliphatic heterocycles. The molecule has 1 aromatic carbocycles. The van der Waals surface area contributed by atoms with Crippen LogP contribution in [0.15, 0.2) is 23.2 Å². The first-order chi connectivity index (χ1) is 8.10. The second kappa shape index (κ2) is 4.92. The molecule has 0 spiro atoms. The van der Waals surface area contributed by atoms with Crippen molar-refractivity contribution in [3.05, 3.63) is 29.3 Å². The Morgan fingerprint density at radius 1 is 1.41 bits per heavy atom. The topological polar surface area (TPSA) is 41.5 Å². The summed E-state index contributed by atoms with van der Waals surface area (Å²) in [6, 6.07) is 6.15. The molecule has 1 N–H and O–H groups in total. The molecule has 1 fully saturated rings. The lowest BCUT2D eigenvalue weighted by Crippen LogP contribution is -2.24. The summed E-state index contributed by atoms with van der Waals surface area (Å²) in [6.07, 6.45) is 0.836. The van der Waals surface area contributed by atoms with Gasteiger partial charge in [0.15, 0.2) is 5.17 Å². The Morgan fingerprint density at radius 3 is 2.82 bits per heavy atom. The average molecular weight is 248 g/mol. The van der Waals surface area contributed by atoms with Crippen LogP contribution in [0, 0.1) is 13.8 Å². The molecule has 0 aliphatic carbocycles. The number of amidine groups is 1. The first-order valence-electron chi connectivity index (χ1n) is 5.73.